The number of ether oxygens (including phenoxy) is 2. The van der Waals surface area contributed by atoms with Gasteiger partial charge in [-0.15, -0.1) is 0 Å². The molecule has 5 heteroatoms. The zero-order valence-electron chi connectivity index (χ0n) is 13.0. The Morgan fingerprint density at radius 1 is 1.23 bits per heavy atom. The quantitative estimate of drug-likeness (QED) is 0.672. The Balaban J connectivity index is 1.59. The van der Waals surface area contributed by atoms with Gasteiger partial charge in [-0.2, -0.15) is 5.10 Å². The van der Waals surface area contributed by atoms with E-state index in [0.29, 0.717) is 17.6 Å². The molecule has 0 spiro atoms. The Labute approximate surface area is 130 Å². The highest BCUT2D eigenvalue weighted by Crippen LogP contribution is 2.55. The summed E-state index contributed by atoms with van der Waals surface area (Å²) in [4.78, 5) is 12.1. The first-order chi connectivity index (χ1) is 10.7. The predicted octanol–water partition coefficient (Wildman–Crippen LogP) is 2.59. The van der Waals surface area contributed by atoms with Crippen LogP contribution in [0.2, 0.25) is 0 Å². The van der Waals surface area contributed by atoms with Crippen molar-refractivity contribution in [1.82, 2.24) is 5.43 Å². The Hall–Kier alpha value is -2.04. The van der Waals surface area contributed by atoms with E-state index in [9.17, 15) is 4.79 Å². The Kier molecular flexibility index (Phi) is 4.32. The number of carbonyl (C=O) groups excluding carboxylic acids is 1. The van der Waals surface area contributed by atoms with Crippen molar-refractivity contribution in [3.63, 3.8) is 0 Å². The maximum absolute atomic E-state index is 12.1. The second-order valence-electron chi connectivity index (χ2n) is 5.98. The van der Waals surface area contributed by atoms with Gasteiger partial charge in [-0.1, -0.05) is 12.8 Å². The maximum Gasteiger partial charge on any atom is 0.243 e. The molecule has 0 aromatic heterocycles. The summed E-state index contributed by atoms with van der Waals surface area (Å²) >= 11 is 0. The van der Waals surface area contributed by atoms with Gasteiger partial charge in [0.15, 0.2) is 0 Å². The van der Waals surface area contributed by atoms with Crippen LogP contribution in [0.25, 0.3) is 0 Å². The lowest BCUT2D eigenvalue weighted by Gasteiger charge is -2.06. The Morgan fingerprint density at radius 2 is 1.95 bits per heavy atom. The molecule has 2 unspecified atom stereocenters. The summed E-state index contributed by atoms with van der Waals surface area (Å²) in [6, 6.07) is 5.48. The molecule has 22 heavy (non-hydrogen) atoms. The summed E-state index contributed by atoms with van der Waals surface area (Å²) in [5.74, 6) is 2.81. The zero-order chi connectivity index (χ0) is 15.5. The van der Waals surface area contributed by atoms with E-state index in [0.717, 1.165) is 11.3 Å². The van der Waals surface area contributed by atoms with Crippen molar-refractivity contribution in [2.45, 2.75) is 25.7 Å². The smallest absolute Gasteiger partial charge is 0.243 e. The van der Waals surface area contributed by atoms with Crippen LogP contribution in [-0.4, -0.2) is 26.3 Å². The third-order valence-corrected chi connectivity index (χ3v) is 4.78. The number of hydrogen-bond acceptors (Lipinski definition) is 4. The lowest BCUT2D eigenvalue weighted by atomic mass is 10.0. The second-order valence-corrected chi connectivity index (χ2v) is 5.98. The first-order valence-electron chi connectivity index (χ1n) is 7.79. The number of nitrogens with one attached hydrogen (secondary N) is 1. The standard InChI is InChI=1S/C17H22N2O3/c1-21-12-8-7-11(15(9-12)22-2)10-18-19-17(20)16-13-5-3-4-6-14(13)16/h7-10,13-14,16H,3-6H2,1-2H3,(H,19,20). The van der Waals surface area contributed by atoms with E-state index < -0.39 is 0 Å². The highest BCUT2D eigenvalue weighted by Gasteiger charge is 2.54. The van der Waals surface area contributed by atoms with Gasteiger partial charge in [0.2, 0.25) is 5.91 Å². The minimum absolute atomic E-state index is 0.0561. The van der Waals surface area contributed by atoms with Crippen LogP contribution in [0.4, 0.5) is 0 Å². The lowest BCUT2D eigenvalue weighted by molar-refractivity contribution is -0.122. The summed E-state index contributed by atoms with van der Waals surface area (Å²) in [7, 11) is 3.21. The average Bonchev–Trinajstić information content (AvgIpc) is 3.29. The van der Waals surface area contributed by atoms with Crippen molar-refractivity contribution < 1.29 is 14.3 Å². The molecule has 118 valence electrons. The Bertz CT molecular complexity index is 573. The monoisotopic (exact) mass is 302 g/mol. The van der Waals surface area contributed by atoms with Gasteiger partial charge in [-0.05, 0) is 36.8 Å². The fourth-order valence-corrected chi connectivity index (χ4v) is 3.55. The molecule has 2 aliphatic rings. The van der Waals surface area contributed by atoms with Gasteiger partial charge in [-0.25, -0.2) is 5.43 Å². The highest BCUT2D eigenvalue weighted by molar-refractivity contribution is 5.87. The van der Waals surface area contributed by atoms with Crippen molar-refractivity contribution in [2.75, 3.05) is 14.2 Å². The van der Waals surface area contributed by atoms with Crippen molar-refractivity contribution >= 4 is 12.1 Å². The molecule has 2 atom stereocenters. The number of hydrogen-bond donors (Lipinski definition) is 1. The van der Waals surface area contributed by atoms with Crippen LogP contribution in [0.15, 0.2) is 23.3 Å². The molecule has 1 aromatic rings. The molecular weight excluding hydrogens is 280 g/mol. The molecule has 2 fully saturated rings. The minimum Gasteiger partial charge on any atom is -0.497 e. The average molecular weight is 302 g/mol. The molecule has 1 N–H and O–H groups in total. The number of hydrazone groups is 1. The summed E-state index contributed by atoms with van der Waals surface area (Å²) in [5.41, 5.74) is 3.48. The van der Waals surface area contributed by atoms with E-state index >= 15 is 0 Å². The maximum atomic E-state index is 12.1. The summed E-state index contributed by atoms with van der Waals surface area (Å²) in [6.45, 7) is 0. The van der Waals surface area contributed by atoms with E-state index in [4.69, 9.17) is 9.47 Å². The van der Waals surface area contributed by atoms with Gasteiger partial charge in [-0.3, -0.25) is 4.79 Å². The molecule has 0 saturated heterocycles. The number of nitrogens with zero attached hydrogens (tertiary/aromatic N) is 1. The highest BCUT2D eigenvalue weighted by atomic mass is 16.5. The van der Waals surface area contributed by atoms with E-state index in [1.807, 2.05) is 12.1 Å². The van der Waals surface area contributed by atoms with Crippen molar-refractivity contribution in [1.29, 1.82) is 0 Å². The Morgan fingerprint density at radius 3 is 2.59 bits per heavy atom. The molecule has 1 aromatic carbocycles. The number of amides is 1. The molecule has 0 bridgehead atoms. The fraction of sp³-hybridized carbons (Fsp3) is 0.529. The molecule has 2 aliphatic carbocycles. The molecule has 5 nitrogen and oxygen atoms in total. The third kappa shape index (κ3) is 2.93. The van der Waals surface area contributed by atoms with Gasteiger partial charge in [0, 0.05) is 17.5 Å². The first kappa shape index (κ1) is 14.9. The van der Waals surface area contributed by atoms with E-state index in [1.54, 1.807) is 26.5 Å². The molecule has 0 aliphatic heterocycles. The SMILES string of the molecule is COc1ccc(C=NNC(=O)C2C3CCCCC32)c(OC)c1. The molecular formula is C17H22N2O3. The molecule has 0 heterocycles. The number of benzene rings is 1. The van der Waals surface area contributed by atoms with Crippen LogP contribution < -0.4 is 14.9 Å². The van der Waals surface area contributed by atoms with Crippen molar-refractivity contribution in [2.24, 2.45) is 22.9 Å². The number of fused-ring (bicyclic) bond motifs is 1. The van der Waals surface area contributed by atoms with E-state index in [-0.39, 0.29) is 11.8 Å². The van der Waals surface area contributed by atoms with Crippen LogP contribution in [0.3, 0.4) is 0 Å². The van der Waals surface area contributed by atoms with Gasteiger partial charge in [0.1, 0.15) is 11.5 Å². The van der Waals surface area contributed by atoms with Crippen LogP contribution in [0.1, 0.15) is 31.2 Å². The van der Waals surface area contributed by atoms with Crippen LogP contribution in [0, 0.1) is 17.8 Å². The normalized spacial score (nSPS) is 26.4. The third-order valence-electron chi connectivity index (χ3n) is 4.78. The van der Waals surface area contributed by atoms with Gasteiger partial charge < -0.3 is 9.47 Å². The summed E-state index contributed by atoms with van der Waals surface area (Å²) < 4.78 is 10.5. The van der Waals surface area contributed by atoms with Crippen LogP contribution in [-0.2, 0) is 4.79 Å². The topological polar surface area (TPSA) is 59.9 Å². The summed E-state index contributed by atoms with van der Waals surface area (Å²) in [6.07, 6.45) is 6.52. The predicted molar refractivity (Wildman–Crippen MR) is 84.2 cm³/mol. The fourth-order valence-electron chi connectivity index (χ4n) is 3.55. The molecule has 2 saturated carbocycles. The number of rotatable bonds is 5. The molecule has 3 rings (SSSR count). The van der Waals surface area contributed by atoms with Crippen molar-refractivity contribution in [3.8, 4) is 11.5 Å². The van der Waals surface area contributed by atoms with Crippen molar-refractivity contribution in [3.05, 3.63) is 23.8 Å². The summed E-state index contributed by atoms with van der Waals surface area (Å²) in [5, 5.41) is 4.08. The van der Waals surface area contributed by atoms with Crippen LogP contribution >= 0.6 is 0 Å². The van der Waals surface area contributed by atoms with E-state index in [1.165, 1.54) is 25.7 Å². The zero-order valence-corrected chi connectivity index (χ0v) is 13.0. The first-order valence-corrected chi connectivity index (χ1v) is 7.79. The van der Waals surface area contributed by atoms with E-state index in [2.05, 4.69) is 10.5 Å². The second kappa shape index (κ2) is 6.38. The minimum atomic E-state index is 0.0561. The molecule has 0 radical (unpaired) electrons. The van der Waals surface area contributed by atoms with Crippen LogP contribution in [0.5, 0.6) is 11.5 Å². The number of carbonyl (C=O) groups is 1. The van der Waals surface area contributed by atoms with Gasteiger partial charge in [0.25, 0.3) is 0 Å². The number of methoxy groups -OCH3 is 2. The largest absolute Gasteiger partial charge is 0.497 e. The lowest BCUT2D eigenvalue weighted by Crippen LogP contribution is -2.20. The van der Waals surface area contributed by atoms with Gasteiger partial charge in [0.05, 0.1) is 20.4 Å². The van der Waals surface area contributed by atoms with Gasteiger partial charge >= 0.3 is 0 Å². The molecule has 1 amide bonds.